The molecule has 0 radical (unpaired) electrons. The number of hydrogen-bond acceptors (Lipinski definition) is 3. The van der Waals surface area contributed by atoms with Gasteiger partial charge in [-0.25, -0.2) is 0 Å². The van der Waals surface area contributed by atoms with Crippen LogP contribution >= 0.6 is 12.4 Å². The first kappa shape index (κ1) is 16.7. The molecule has 112 valence electrons. The zero-order chi connectivity index (χ0) is 13.7. The van der Waals surface area contributed by atoms with Gasteiger partial charge in [-0.05, 0) is 25.3 Å². The van der Waals surface area contributed by atoms with Gasteiger partial charge in [-0.2, -0.15) is 0 Å². The van der Waals surface area contributed by atoms with E-state index >= 15 is 0 Å². The molecule has 6 heteroatoms. The van der Waals surface area contributed by atoms with Crippen LogP contribution in [0.25, 0.3) is 0 Å². The Morgan fingerprint density at radius 2 is 2.15 bits per heavy atom. The number of rotatable bonds is 4. The summed E-state index contributed by atoms with van der Waals surface area (Å²) in [6.45, 7) is 1.76. The van der Waals surface area contributed by atoms with Crippen LogP contribution in [-0.2, 0) is 11.3 Å². The fourth-order valence-electron chi connectivity index (χ4n) is 2.58. The second-order valence-corrected chi connectivity index (χ2v) is 4.95. The zero-order valence-corrected chi connectivity index (χ0v) is 12.3. The van der Waals surface area contributed by atoms with Crippen LogP contribution in [0.1, 0.15) is 25.7 Å². The Kier molecular flexibility index (Phi) is 6.75. The lowest BCUT2D eigenvalue weighted by Gasteiger charge is -2.35. The normalized spacial score (nSPS) is 18.4. The van der Waals surface area contributed by atoms with Crippen LogP contribution in [0.3, 0.4) is 0 Å². The highest BCUT2D eigenvalue weighted by molar-refractivity contribution is 5.85. The van der Waals surface area contributed by atoms with Crippen molar-refractivity contribution in [1.82, 2.24) is 9.47 Å². The van der Waals surface area contributed by atoms with Gasteiger partial charge in [0.05, 0.1) is 0 Å². The van der Waals surface area contributed by atoms with Crippen molar-refractivity contribution in [1.29, 1.82) is 0 Å². The molecule has 1 saturated heterocycles. The van der Waals surface area contributed by atoms with Gasteiger partial charge in [-0.3, -0.25) is 9.59 Å². The van der Waals surface area contributed by atoms with Crippen LogP contribution in [0.2, 0.25) is 0 Å². The van der Waals surface area contributed by atoms with E-state index in [1.807, 2.05) is 4.90 Å². The summed E-state index contributed by atoms with van der Waals surface area (Å²) >= 11 is 0. The highest BCUT2D eigenvalue weighted by atomic mass is 35.5. The maximum Gasteiger partial charge on any atom is 0.250 e. The Morgan fingerprint density at radius 3 is 2.85 bits per heavy atom. The fraction of sp³-hybridized carbons (Fsp3) is 0.571. The number of piperidine rings is 1. The van der Waals surface area contributed by atoms with Crippen molar-refractivity contribution in [2.45, 2.75) is 38.3 Å². The number of halogens is 1. The van der Waals surface area contributed by atoms with Crippen LogP contribution in [0.5, 0.6) is 0 Å². The third-order valence-corrected chi connectivity index (χ3v) is 3.69. The minimum atomic E-state index is -0.0654. The highest BCUT2D eigenvalue weighted by Gasteiger charge is 2.24. The summed E-state index contributed by atoms with van der Waals surface area (Å²) in [6, 6.07) is 5.19. The lowest BCUT2D eigenvalue weighted by atomic mass is 10.0. The number of aryl methyl sites for hydroxylation is 1. The number of nitrogens with two attached hydrogens (primary N) is 1. The molecule has 1 aliphatic rings. The molecule has 0 saturated carbocycles. The van der Waals surface area contributed by atoms with E-state index in [0.29, 0.717) is 19.5 Å². The van der Waals surface area contributed by atoms with Gasteiger partial charge in [0, 0.05) is 44.4 Å². The molecule has 1 unspecified atom stereocenters. The van der Waals surface area contributed by atoms with E-state index < -0.39 is 0 Å². The summed E-state index contributed by atoms with van der Waals surface area (Å²) in [5.41, 5.74) is 5.65. The predicted octanol–water partition coefficient (Wildman–Crippen LogP) is 1.000. The van der Waals surface area contributed by atoms with Gasteiger partial charge in [-0.15, -0.1) is 12.4 Å². The quantitative estimate of drug-likeness (QED) is 0.902. The third-order valence-electron chi connectivity index (χ3n) is 3.69. The SMILES string of the molecule is Cl.NCC1CCCCN1C(=O)CCn1ccccc1=O. The fourth-order valence-corrected chi connectivity index (χ4v) is 2.58. The zero-order valence-electron chi connectivity index (χ0n) is 11.5. The molecular weight excluding hydrogens is 278 g/mol. The number of hydrogen-bond donors (Lipinski definition) is 1. The lowest BCUT2D eigenvalue weighted by Crippen LogP contribution is -2.47. The maximum atomic E-state index is 12.2. The Balaban J connectivity index is 0.00000200. The molecule has 0 spiro atoms. The molecule has 1 amide bonds. The largest absolute Gasteiger partial charge is 0.338 e. The molecule has 1 fully saturated rings. The average Bonchev–Trinajstić information content (AvgIpc) is 2.46. The number of pyridine rings is 1. The smallest absolute Gasteiger partial charge is 0.250 e. The number of carbonyl (C=O) groups excluding carboxylic acids is 1. The summed E-state index contributed by atoms with van der Waals surface area (Å²) in [5, 5.41) is 0. The molecule has 2 N–H and O–H groups in total. The topological polar surface area (TPSA) is 68.3 Å². The molecule has 1 aliphatic heterocycles. The van der Waals surface area contributed by atoms with E-state index in [4.69, 9.17) is 5.73 Å². The van der Waals surface area contributed by atoms with Crippen molar-refractivity contribution in [2.75, 3.05) is 13.1 Å². The molecule has 0 aromatic carbocycles. The van der Waals surface area contributed by atoms with Crippen molar-refractivity contribution in [3.8, 4) is 0 Å². The number of nitrogens with zero attached hydrogens (tertiary/aromatic N) is 2. The summed E-state index contributed by atoms with van der Waals surface area (Å²) < 4.78 is 1.57. The standard InChI is InChI=1S/C14H21N3O2.ClH/c15-11-12-5-1-4-9-17(12)14(19)7-10-16-8-3-2-6-13(16)18;/h2-3,6,8,12H,1,4-5,7,9-11,15H2;1H. The van der Waals surface area contributed by atoms with E-state index in [1.165, 1.54) is 6.07 Å². The monoisotopic (exact) mass is 299 g/mol. The molecule has 0 aliphatic carbocycles. The number of carbonyl (C=O) groups is 1. The molecule has 1 aromatic heterocycles. The lowest BCUT2D eigenvalue weighted by molar-refractivity contribution is -0.134. The minimum Gasteiger partial charge on any atom is -0.338 e. The van der Waals surface area contributed by atoms with Crippen LogP contribution in [0.15, 0.2) is 29.2 Å². The number of likely N-dealkylation sites (tertiary alicyclic amines) is 1. The first-order valence-electron chi connectivity index (χ1n) is 6.87. The van der Waals surface area contributed by atoms with Crippen LogP contribution < -0.4 is 11.3 Å². The Hall–Kier alpha value is -1.33. The molecule has 2 heterocycles. The Bertz CT molecular complexity index is 489. The van der Waals surface area contributed by atoms with Crippen LogP contribution in [0, 0.1) is 0 Å². The predicted molar refractivity (Wildman–Crippen MR) is 81.0 cm³/mol. The van der Waals surface area contributed by atoms with E-state index in [9.17, 15) is 9.59 Å². The molecule has 1 aromatic rings. The molecule has 0 bridgehead atoms. The minimum absolute atomic E-state index is 0. The highest BCUT2D eigenvalue weighted by Crippen LogP contribution is 2.17. The van der Waals surface area contributed by atoms with Crippen molar-refractivity contribution < 1.29 is 4.79 Å². The van der Waals surface area contributed by atoms with Gasteiger partial charge in [0.1, 0.15) is 0 Å². The van der Waals surface area contributed by atoms with E-state index in [0.717, 1.165) is 25.8 Å². The van der Waals surface area contributed by atoms with Gasteiger partial charge >= 0.3 is 0 Å². The summed E-state index contributed by atoms with van der Waals surface area (Å²) in [6.07, 6.45) is 5.26. The maximum absolute atomic E-state index is 12.2. The first-order valence-corrected chi connectivity index (χ1v) is 6.87. The van der Waals surface area contributed by atoms with Crippen molar-refractivity contribution in [3.63, 3.8) is 0 Å². The van der Waals surface area contributed by atoms with E-state index in [-0.39, 0.29) is 29.9 Å². The van der Waals surface area contributed by atoms with Crippen molar-refractivity contribution in [2.24, 2.45) is 5.73 Å². The second kappa shape index (κ2) is 8.07. The van der Waals surface area contributed by atoms with Crippen molar-refractivity contribution >= 4 is 18.3 Å². The number of amides is 1. The Labute approximate surface area is 125 Å². The van der Waals surface area contributed by atoms with E-state index in [1.54, 1.807) is 22.9 Å². The summed E-state index contributed by atoms with van der Waals surface area (Å²) in [5.74, 6) is 0.103. The van der Waals surface area contributed by atoms with E-state index in [2.05, 4.69) is 0 Å². The average molecular weight is 300 g/mol. The van der Waals surface area contributed by atoms with Crippen LogP contribution in [-0.4, -0.2) is 34.5 Å². The number of aromatic nitrogens is 1. The third kappa shape index (κ3) is 4.08. The van der Waals surface area contributed by atoms with Gasteiger partial charge in [-0.1, -0.05) is 6.07 Å². The molecule has 1 atom stereocenters. The first-order chi connectivity index (χ1) is 9.22. The second-order valence-electron chi connectivity index (χ2n) is 4.95. The molecule has 20 heavy (non-hydrogen) atoms. The molecule has 5 nitrogen and oxygen atoms in total. The van der Waals surface area contributed by atoms with Gasteiger partial charge in [0.2, 0.25) is 5.91 Å². The summed E-state index contributed by atoms with van der Waals surface area (Å²) in [7, 11) is 0. The van der Waals surface area contributed by atoms with Crippen molar-refractivity contribution in [3.05, 3.63) is 34.7 Å². The van der Waals surface area contributed by atoms with Gasteiger partial charge < -0.3 is 15.2 Å². The van der Waals surface area contributed by atoms with Crippen LogP contribution in [0.4, 0.5) is 0 Å². The Morgan fingerprint density at radius 1 is 1.35 bits per heavy atom. The van der Waals surface area contributed by atoms with Gasteiger partial charge in [0.15, 0.2) is 0 Å². The molecular formula is C14H22ClN3O2. The molecule has 2 rings (SSSR count). The summed E-state index contributed by atoms with van der Waals surface area (Å²) in [4.78, 5) is 25.6. The van der Waals surface area contributed by atoms with Gasteiger partial charge in [0.25, 0.3) is 5.56 Å².